The summed E-state index contributed by atoms with van der Waals surface area (Å²) >= 11 is 0. The molecule has 2 N–H and O–H groups in total. The number of carbonyl (C=O) groups is 1. The van der Waals surface area contributed by atoms with Gasteiger partial charge in [0.25, 0.3) is 0 Å². The zero-order valence-corrected chi connectivity index (χ0v) is 13.9. The number of aromatic nitrogens is 1. The van der Waals surface area contributed by atoms with Crippen molar-refractivity contribution in [3.05, 3.63) is 77.6 Å². The summed E-state index contributed by atoms with van der Waals surface area (Å²) < 4.78 is 21.3. The van der Waals surface area contributed by atoms with Gasteiger partial charge in [0.2, 0.25) is 0 Å². The molecule has 0 aliphatic heterocycles. The first-order valence-electron chi connectivity index (χ1n) is 8.06. The zero-order valence-electron chi connectivity index (χ0n) is 13.9. The van der Waals surface area contributed by atoms with Crippen molar-refractivity contribution in [3.63, 3.8) is 0 Å². The molecule has 128 valence electrons. The predicted octanol–water partition coefficient (Wildman–Crippen LogP) is 4.10. The van der Waals surface area contributed by atoms with E-state index in [9.17, 15) is 9.18 Å². The molecule has 0 atom stereocenters. The largest absolute Gasteiger partial charge is 0.462 e. The van der Waals surface area contributed by atoms with Crippen LogP contribution in [0.3, 0.4) is 0 Å². The number of hydrogen-bond donors (Lipinski definition) is 1. The number of halogens is 1. The van der Waals surface area contributed by atoms with Gasteiger partial charge in [0.05, 0.1) is 17.9 Å². The summed E-state index contributed by atoms with van der Waals surface area (Å²) in [6, 6.07) is 17.5. The third-order valence-electron chi connectivity index (χ3n) is 3.94. The number of nitrogens with zero attached hydrogens (tertiary/aromatic N) is 1. The molecule has 5 heteroatoms. The molecule has 1 aromatic heterocycles. The molecule has 25 heavy (non-hydrogen) atoms. The fourth-order valence-corrected chi connectivity index (χ4v) is 2.81. The number of benzene rings is 2. The number of nitrogens with two attached hydrogens (primary N) is 1. The number of rotatable bonds is 5. The van der Waals surface area contributed by atoms with Crippen molar-refractivity contribution in [2.24, 2.45) is 0 Å². The topological polar surface area (TPSA) is 57.2 Å². The molecular formula is C20H19FN2O2. The van der Waals surface area contributed by atoms with Crippen molar-refractivity contribution in [1.29, 1.82) is 0 Å². The minimum Gasteiger partial charge on any atom is -0.462 e. The van der Waals surface area contributed by atoms with Crippen molar-refractivity contribution in [3.8, 4) is 11.3 Å². The van der Waals surface area contributed by atoms with E-state index >= 15 is 0 Å². The van der Waals surface area contributed by atoms with Crippen LogP contribution in [0.5, 0.6) is 0 Å². The second-order valence-electron chi connectivity index (χ2n) is 5.60. The molecule has 1 heterocycles. The van der Waals surface area contributed by atoms with Crippen molar-refractivity contribution >= 4 is 11.8 Å². The molecule has 3 aromatic rings. The number of carbonyl (C=O) groups excluding carboxylic acids is 1. The van der Waals surface area contributed by atoms with Gasteiger partial charge in [-0.05, 0) is 30.7 Å². The Balaban J connectivity index is 2.17. The Labute approximate surface area is 145 Å². The lowest BCUT2D eigenvalue weighted by atomic mass is 10.1. The lowest BCUT2D eigenvalue weighted by molar-refractivity contribution is 0.0527. The maximum absolute atomic E-state index is 14.4. The lowest BCUT2D eigenvalue weighted by Crippen LogP contribution is -2.09. The highest BCUT2D eigenvalue weighted by molar-refractivity contribution is 5.98. The Morgan fingerprint density at radius 3 is 2.48 bits per heavy atom. The van der Waals surface area contributed by atoms with E-state index in [2.05, 4.69) is 0 Å². The Bertz CT molecular complexity index is 888. The van der Waals surface area contributed by atoms with Crippen LogP contribution in [0.15, 0.2) is 60.7 Å². The first-order valence-corrected chi connectivity index (χ1v) is 8.06. The highest BCUT2D eigenvalue weighted by atomic mass is 19.1. The molecule has 0 amide bonds. The molecule has 0 aliphatic carbocycles. The Morgan fingerprint density at radius 2 is 1.80 bits per heavy atom. The fourth-order valence-electron chi connectivity index (χ4n) is 2.81. The number of anilines is 1. The smallest absolute Gasteiger partial charge is 0.340 e. The van der Waals surface area contributed by atoms with Gasteiger partial charge >= 0.3 is 5.97 Å². The molecule has 2 aromatic carbocycles. The average Bonchev–Trinajstić information content (AvgIpc) is 2.93. The average molecular weight is 338 g/mol. The summed E-state index contributed by atoms with van der Waals surface area (Å²) in [5, 5.41) is 0. The second-order valence-corrected chi connectivity index (χ2v) is 5.60. The fraction of sp³-hybridized carbons (Fsp3) is 0.150. The van der Waals surface area contributed by atoms with E-state index in [4.69, 9.17) is 10.5 Å². The molecule has 0 aliphatic rings. The minimum absolute atomic E-state index is 0.235. The first-order chi connectivity index (χ1) is 12.1. The molecule has 4 nitrogen and oxygen atoms in total. The molecule has 0 fully saturated rings. The van der Waals surface area contributed by atoms with Gasteiger partial charge in [0.1, 0.15) is 11.6 Å². The van der Waals surface area contributed by atoms with E-state index in [1.54, 1.807) is 35.8 Å². The van der Waals surface area contributed by atoms with Gasteiger partial charge < -0.3 is 15.0 Å². The van der Waals surface area contributed by atoms with Crippen molar-refractivity contribution in [1.82, 2.24) is 4.57 Å². The van der Waals surface area contributed by atoms with Gasteiger partial charge in [-0.25, -0.2) is 9.18 Å². The summed E-state index contributed by atoms with van der Waals surface area (Å²) in [5.41, 5.74) is 8.15. The van der Waals surface area contributed by atoms with Gasteiger partial charge in [-0.2, -0.15) is 0 Å². The van der Waals surface area contributed by atoms with Gasteiger partial charge in [-0.15, -0.1) is 0 Å². The van der Waals surface area contributed by atoms with E-state index in [1.807, 2.05) is 30.3 Å². The van der Waals surface area contributed by atoms with Gasteiger partial charge in [0.15, 0.2) is 0 Å². The van der Waals surface area contributed by atoms with Crippen LogP contribution in [0.2, 0.25) is 0 Å². The zero-order chi connectivity index (χ0) is 17.8. The summed E-state index contributed by atoms with van der Waals surface area (Å²) in [5.74, 6) is -0.551. The van der Waals surface area contributed by atoms with Crippen LogP contribution in [0.25, 0.3) is 11.3 Å². The van der Waals surface area contributed by atoms with Gasteiger partial charge in [-0.3, -0.25) is 0 Å². The quantitative estimate of drug-likeness (QED) is 0.713. The summed E-state index contributed by atoms with van der Waals surface area (Å²) in [7, 11) is 0. The predicted molar refractivity (Wildman–Crippen MR) is 95.7 cm³/mol. The summed E-state index contributed by atoms with van der Waals surface area (Å²) in [6.45, 7) is 2.39. The highest BCUT2D eigenvalue weighted by Gasteiger charge is 2.23. The molecular weight excluding hydrogens is 319 g/mol. The standard InChI is InChI=1S/C20H19FN2O2/c1-2-25-20(24)16-12-18(22)23(13-14-8-4-3-5-9-14)19(16)15-10-6-7-11-17(15)21/h3-12H,2,13,22H2,1H3. The van der Waals surface area contributed by atoms with Crippen LogP contribution >= 0.6 is 0 Å². The van der Waals surface area contributed by atoms with Crippen LogP contribution in [-0.2, 0) is 11.3 Å². The molecule has 0 saturated carbocycles. The number of ether oxygens (including phenoxy) is 1. The van der Waals surface area contributed by atoms with E-state index in [0.29, 0.717) is 23.6 Å². The molecule has 3 rings (SSSR count). The van der Waals surface area contributed by atoms with Gasteiger partial charge in [0, 0.05) is 12.1 Å². The minimum atomic E-state index is -0.515. The molecule has 0 spiro atoms. The van der Waals surface area contributed by atoms with Crippen LogP contribution in [0.4, 0.5) is 10.2 Å². The van der Waals surface area contributed by atoms with Crippen molar-refractivity contribution in [2.45, 2.75) is 13.5 Å². The number of nitrogen functional groups attached to an aromatic ring is 1. The van der Waals surface area contributed by atoms with Crippen LogP contribution in [-0.4, -0.2) is 17.1 Å². The molecule has 0 radical (unpaired) electrons. The maximum atomic E-state index is 14.4. The third kappa shape index (κ3) is 3.40. The molecule has 0 saturated heterocycles. The van der Waals surface area contributed by atoms with Crippen LogP contribution in [0.1, 0.15) is 22.8 Å². The maximum Gasteiger partial charge on any atom is 0.340 e. The number of esters is 1. The summed E-state index contributed by atoms with van der Waals surface area (Å²) in [6.07, 6.45) is 0. The molecule has 0 unspecified atom stereocenters. The Hall–Kier alpha value is -3.08. The summed E-state index contributed by atoms with van der Waals surface area (Å²) in [4.78, 5) is 12.4. The normalized spacial score (nSPS) is 10.6. The second kappa shape index (κ2) is 7.21. The SMILES string of the molecule is CCOC(=O)c1cc(N)n(Cc2ccccc2)c1-c1ccccc1F. The van der Waals surface area contributed by atoms with Crippen LogP contribution < -0.4 is 5.73 Å². The highest BCUT2D eigenvalue weighted by Crippen LogP contribution is 2.32. The monoisotopic (exact) mass is 338 g/mol. The lowest BCUT2D eigenvalue weighted by Gasteiger charge is -2.14. The van der Waals surface area contributed by atoms with E-state index in [1.165, 1.54) is 6.07 Å². The van der Waals surface area contributed by atoms with Crippen molar-refractivity contribution < 1.29 is 13.9 Å². The van der Waals surface area contributed by atoms with E-state index in [-0.39, 0.29) is 12.2 Å². The molecule has 0 bridgehead atoms. The van der Waals surface area contributed by atoms with E-state index < -0.39 is 11.8 Å². The van der Waals surface area contributed by atoms with Crippen molar-refractivity contribution in [2.75, 3.05) is 12.3 Å². The van der Waals surface area contributed by atoms with E-state index in [0.717, 1.165) is 5.56 Å². The van der Waals surface area contributed by atoms with Crippen LogP contribution in [0, 0.1) is 5.82 Å². The van der Waals surface area contributed by atoms with Gasteiger partial charge in [-0.1, -0.05) is 42.5 Å². The Morgan fingerprint density at radius 1 is 1.12 bits per heavy atom. The third-order valence-corrected chi connectivity index (χ3v) is 3.94. The number of hydrogen-bond acceptors (Lipinski definition) is 3. The first kappa shape index (κ1) is 16.8. The Kier molecular flexibility index (Phi) is 4.84.